The number of nitrogens with one attached hydrogen (secondary N) is 1. The van der Waals surface area contributed by atoms with Crippen molar-refractivity contribution in [1.82, 2.24) is 44.5 Å². The number of hydrogen-bond donors (Lipinski definition) is 1. The number of rotatable bonds is 14. The van der Waals surface area contributed by atoms with E-state index in [1.807, 2.05) is 89.1 Å². The number of alkyl carbamates (subject to hydrolysis) is 1. The van der Waals surface area contributed by atoms with Gasteiger partial charge in [-0.2, -0.15) is 0 Å². The summed E-state index contributed by atoms with van der Waals surface area (Å²) in [6.45, 7) is 35.5. The lowest BCUT2D eigenvalue weighted by Gasteiger charge is -2.49. The number of likely N-dealkylation sites (tertiary alicyclic amines) is 2. The summed E-state index contributed by atoms with van der Waals surface area (Å²) in [7, 11) is 0. The number of piperazine rings is 2. The van der Waals surface area contributed by atoms with E-state index in [1.165, 1.54) is 22.3 Å². The van der Waals surface area contributed by atoms with Crippen LogP contribution < -0.4 is 5.32 Å². The molecule has 4 aliphatic rings. The van der Waals surface area contributed by atoms with Gasteiger partial charge in [0, 0.05) is 109 Å². The first kappa shape index (κ1) is 68.6. The second-order valence-electron chi connectivity index (χ2n) is 27.8. The van der Waals surface area contributed by atoms with E-state index in [0.29, 0.717) is 71.1 Å². The molecule has 2 atom stereocenters. The standard InChI is InChI=1S/C38H57N5O5.C33H48N4O3/c1-28(2)32-27-41(33(29-15-11-9-12-16-29)30-17-13-10-14-18-30)25-26-43(32)35(45)42(24-21-39-34(44)47-37(3,4)5)31-19-22-40(23-20-31)36(46)48-38(6,7)8;1-7-36(28-18-20-34(21-19-28)32(39)40-33(4,5)6)31(38)37-23-22-35(24-29(37)25(2)3)30(26-14-10-8-11-15-26)27-16-12-9-13-17-27/h9-18,28,31-33H,19-27H2,1-8H3,(H,39,44);8-17,25,28-30H,7,18-24H2,1-6H3/t32-;29-/m11/s1. The Morgan fingerprint density at radius 2 is 0.784 bits per heavy atom. The fraction of sp³-hybridized carbons (Fsp3) is 0.592. The Balaban J connectivity index is 0.000000255. The fourth-order valence-electron chi connectivity index (χ4n) is 12.8. The van der Waals surface area contributed by atoms with Crippen molar-refractivity contribution in [3.8, 4) is 0 Å². The minimum absolute atomic E-state index is 0.00987. The number of nitrogens with zero attached hydrogens (tertiary/aromatic N) is 8. The molecule has 4 heterocycles. The number of urea groups is 2. The van der Waals surface area contributed by atoms with Crippen molar-refractivity contribution in [2.24, 2.45) is 11.8 Å². The lowest BCUT2D eigenvalue weighted by molar-refractivity contribution is 0.0103. The SMILES string of the molecule is CC(C)[C@H]1CN(C(c2ccccc2)c2ccccc2)CCN1C(=O)N(CCNC(=O)OC(C)(C)C)C1CCN(C(=O)OC(C)(C)C)CC1.CCN(C(=O)N1CCN(C(c2ccccc2)c2ccccc2)C[C@@H]1C(C)C)C1CCN(C(=O)OC(C)(C)C)CC1. The highest BCUT2D eigenvalue weighted by molar-refractivity contribution is 5.77. The molecular weight excluding hydrogens is 1110 g/mol. The molecule has 7 amide bonds. The summed E-state index contributed by atoms with van der Waals surface area (Å²) in [6, 6.07) is 43.1. The molecule has 0 aliphatic carbocycles. The number of hydrogen-bond acceptors (Lipinski definition) is 10. The topological polar surface area (TPSA) is 151 Å². The molecule has 8 rings (SSSR count). The van der Waals surface area contributed by atoms with Crippen LogP contribution in [0.4, 0.5) is 24.0 Å². The van der Waals surface area contributed by atoms with Crippen molar-refractivity contribution < 1.29 is 38.2 Å². The Kier molecular flexibility index (Phi) is 24.2. The molecule has 1 N–H and O–H groups in total. The molecule has 482 valence electrons. The molecule has 4 aromatic rings. The van der Waals surface area contributed by atoms with Gasteiger partial charge in [-0.3, -0.25) is 9.80 Å². The maximum Gasteiger partial charge on any atom is 0.410 e. The van der Waals surface area contributed by atoms with Crippen LogP contribution in [0.1, 0.15) is 157 Å². The van der Waals surface area contributed by atoms with Crippen molar-refractivity contribution in [2.75, 3.05) is 85.1 Å². The van der Waals surface area contributed by atoms with E-state index in [-0.39, 0.29) is 73.0 Å². The quantitative estimate of drug-likeness (QED) is 0.121. The van der Waals surface area contributed by atoms with Crippen LogP contribution in [-0.4, -0.2) is 196 Å². The summed E-state index contributed by atoms with van der Waals surface area (Å²) in [5.41, 5.74) is 3.33. The van der Waals surface area contributed by atoms with Crippen LogP contribution in [0.5, 0.6) is 0 Å². The third-order valence-corrected chi connectivity index (χ3v) is 17.1. The molecule has 0 unspecified atom stereocenters. The van der Waals surface area contributed by atoms with Gasteiger partial charge in [-0.25, -0.2) is 24.0 Å². The summed E-state index contributed by atoms with van der Waals surface area (Å²) in [5.74, 6) is 0.548. The van der Waals surface area contributed by atoms with Gasteiger partial charge in [0.05, 0.1) is 12.1 Å². The number of benzene rings is 4. The highest BCUT2D eigenvalue weighted by Crippen LogP contribution is 2.35. The second-order valence-corrected chi connectivity index (χ2v) is 27.8. The highest BCUT2D eigenvalue weighted by Gasteiger charge is 2.42. The van der Waals surface area contributed by atoms with Crippen molar-refractivity contribution in [1.29, 1.82) is 0 Å². The zero-order chi connectivity index (χ0) is 63.9. The predicted molar refractivity (Wildman–Crippen MR) is 349 cm³/mol. The monoisotopic (exact) mass is 1210 g/mol. The first-order valence-corrected chi connectivity index (χ1v) is 32.5. The zero-order valence-corrected chi connectivity index (χ0v) is 55.5. The minimum atomic E-state index is -0.615. The van der Waals surface area contributed by atoms with Gasteiger partial charge >= 0.3 is 30.3 Å². The van der Waals surface area contributed by atoms with Crippen molar-refractivity contribution in [3.05, 3.63) is 144 Å². The average Bonchev–Trinajstić information content (AvgIpc) is 1.17. The molecule has 0 spiro atoms. The van der Waals surface area contributed by atoms with Crippen molar-refractivity contribution in [2.45, 2.75) is 176 Å². The average molecular weight is 1210 g/mol. The van der Waals surface area contributed by atoms with Gasteiger partial charge in [0.2, 0.25) is 0 Å². The van der Waals surface area contributed by atoms with Gasteiger partial charge in [0.25, 0.3) is 0 Å². The fourth-order valence-corrected chi connectivity index (χ4v) is 12.8. The Morgan fingerprint density at radius 1 is 0.466 bits per heavy atom. The minimum Gasteiger partial charge on any atom is -0.444 e. The van der Waals surface area contributed by atoms with Gasteiger partial charge < -0.3 is 48.9 Å². The summed E-state index contributed by atoms with van der Waals surface area (Å²) < 4.78 is 16.6. The van der Waals surface area contributed by atoms with E-state index in [0.717, 1.165) is 39.0 Å². The number of carbonyl (C=O) groups is 5. The molecule has 17 nitrogen and oxygen atoms in total. The number of piperidine rings is 2. The maximum atomic E-state index is 14.6. The number of amides is 7. The third-order valence-electron chi connectivity index (χ3n) is 17.1. The van der Waals surface area contributed by atoms with Gasteiger partial charge in [-0.05, 0) is 129 Å². The van der Waals surface area contributed by atoms with Crippen LogP contribution in [0.25, 0.3) is 0 Å². The normalized spacial score (nSPS) is 18.7. The summed E-state index contributed by atoms with van der Waals surface area (Å²) in [4.78, 5) is 83.2. The summed E-state index contributed by atoms with van der Waals surface area (Å²) in [6.07, 6.45) is 1.72. The molecular formula is C71H105N9O8. The first-order valence-electron chi connectivity index (χ1n) is 32.5. The molecule has 0 bridgehead atoms. The van der Waals surface area contributed by atoms with Crippen LogP contribution in [0.3, 0.4) is 0 Å². The Labute approximate surface area is 527 Å². The van der Waals surface area contributed by atoms with E-state index in [9.17, 15) is 24.0 Å². The van der Waals surface area contributed by atoms with Crippen LogP contribution in [0.2, 0.25) is 0 Å². The molecule has 0 radical (unpaired) electrons. The zero-order valence-electron chi connectivity index (χ0n) is 55.5. The second kappa shape index (κ2) is 31.1. The number of ether oxygens (including phenoxy) is 3. The van der Waals surface area contributed by atoms with Gasteiger partial charge in [0.1, 0.15) is 16.8 Å². The highest BCUT2D eigenvalue weighted by atomic mass is 16.6. The van der Waals surface area contributed by atoms with Crippen molar-refractivity contribution in [3.63, 3.8) is 0 Å². The summed E-state index contributed by atoms with van der Waals surface area (Å²) in [5, 5.41) is 2.85. The Bertz CT molecular complexity index is 2730. The molecule has 4 aliphatic heterocycles. The third kappa shape index (κ3) is 19.3. The Morgan fingerprint density at radius 3 is 1.09 bits per heavy atom. The largest absolute Gasteiger partial charge is 0.444 e. The van der Waals surface area contributed by atoms with E-state index >= 15 is 0 Å². The lowest BCUT2D eigenvalue weighted by atomic mass is 9.93. The van der Waals surface area contributed by atoms with E-state index in [2.05, 4.69) is 164 Å². The van der Waals surface area contributed by atoms with Crippen LogP contribution in [-0.2, 0) is 14.2 Å². The molecule has 88 heavy (non-hydrogen) atoms. The van der Waals surface area contributed by atoms with Gasteiger partial charge in [-0.15, -0.1) is 0 Å². The maximum absolute atomic E-state index is 14.6. The lowest BCUT2D eigenvalue weighted by Crippen LogP contribution is -2.62. The van der Waals surface area contributed by atoms with Crippen LogP contribution in [0, 0.1) is 11.8 Å². The first-order chi connectivity index (χ1) is 41.7. The van der Waals surface area contributed by atoms with Crippen LogP contribution >= 0.6 is 0 Å². The van der Waals surface area contributed by atoms with Crippen molar-refractivity contribution >= 4 is 30.3 Å². The molecule has 17 heteroatoms. The van der Waals surface area contributed by atoms with E-state index in [1.54, 1.807) is 9.80 Å². The van der Waals surface area contributed by atoms with Crippen LogP contribution in [0.15, 0.2) is 121 Å². The summed E-state index contributed by atoms with van der Waals surface area (Å²) >= 11 is 0. The predicted octanol–water partition coefficient (Wildman–Crippen LogP) is 13.0. The molecule has 4 aromatic carbocycles. The van der Waals surface area contributed by atoms with Gasteiger partial charge in [0.15, 0.2) is 0 Å². The molecule has 0 aromatic heterocycles. The van der Waals surface area contributed by atoms with E-state index < -0.39 is 22.9 Å². The number of carbonyl (C=O) groups excluding carboxylic acids is 5. The van der Waals surface area contributed by atoms with Gasteiger partial charge in [-0.1, -0.05) is 149 Å². The van der Waals surface area contributed by atoms with E-state index in [4.69, 9.17) is 14.2 Å². The molecule has 4 fully saturated rings. The smallest absolute Gasteiger partial charge is 0.410 e. The molecule has 0 saturated carbocycles. The Hall–Kier alpha value is -6.85. The molecule has 4 saturated heterocycles.